The Labute approximate surface area is 275 Å². The minimum atomic E-state index is -0.0844. The molecule has 230 valence electrons. The van der Waals surface area contributed by atoms with Gasteiger partial charge in [0.1, 0.15) is 11.5 Å². The van der Waals surface area contributed by atoms with Gasteiger partial charge in [-0.2, -0.15) is 5.11 Å². The first-order chi connectivity index (χ1) is 22.6. The third kappa shape index (κ3) is 5.47. The number of rotatable bonds is 3. The molecule has 5 aliphatic rings. The van der Waals surface area contributed by atoms with E-state index in [1.54, 1.807) is 30.2 Å². The van der Waals surface area contributed by atoms with Gasteiger partial charge in [-0.1, -0.05) is 97.6 Å². The molecule has 4 aromatic rings. The molecule has 3 unspecified atom stereocenters. The predicted molar refractivity (Wildman–Crippen MR) is 185 cm³/mol. The third-order valence-corrected chi connectivity index (χ3v) is 11.1. The number of fused-ring (bicyclic) bond motifs is 6. The van der Waals surface area contributed by atoms with Crippen LogP contribution < -0.4 is 0 Å². The van der Waals surface area contributed by atoms with Crippen LogP contribution in [0.2, 0.25) is 5.02 Å². The molecular weight excluding hydrogens is 589 g/mol. The Hall–Kier alpha value is -4.15. The van der Waals surface area contributed by atoms with Crippen LogP contribution in [0.25, 0.3) is 11.1 Å². The van der Waals surface area contributed by atoms with Crippen LogP contribution in [-0.4, -0.2) is 6.21 Å². The van der Waals surface area contributed by atoms with Crippen LogP contribution in [0, 0.1) is 11.7 Å². The Bertz CT molecular complexity index is 1870. The largest absolute Gasteiger partial charge is 0.262 e. The number of hydrogen-bond donors (Lipinski definition) is 0. The average Bonchev–Trinajstić information content (AvgIpc) is 3.75. The van der Waals surface area contributed by atoms with Gasteiger partial charge in [0, 0.05) is 16.8 Å². The van der Waals surface area contributed by atoms with E-state index in [4.69, 9.17) is 11.6 Å². The highest BCUT2D eigenvalue weighted by molar-refractivity contribution is 6.30. The Balaban J connectivity index is 0.000000338. The van der Waals surface area contributed by atoms with E-state index in [2.05, 4.69) is 63.8 Å². The Morgan fingerprint density at radius 2 is 1.46 bits per heavy atom. The molecule has 3 nitrogen and oxygen atoms in total. The molecule has 0 bridgehead atoms. The van der Waals surface area contributed by atoms with Crippen molar-refractivity contribution in [3.8, 4) is 11.1 Å². The lowest BCUT2D eigenvalue weighted by atomic mass is 9.63. The monoisotopic (exact) mass is 625 g/mol. The Morgan fingerprint density at radius 3 is 2.28 bits per heavy atom. The van der Waals surface area contributed by atoms with Crippen LogP contribution in [0.1, 0.15) is 83.2 Å². The van der Waals surface area contributed by atoms with Crippen molar-refractivity contribution >= 4 is 17.8 Å². The molecule has 0 saturated heterocycles. The van der Waals surface area contributed by atoms with E-state index in [1.807, 2.05) is 30.3 Å². The van der Waals surface area contributed by atoms with E-state index in [9.17, 15) is 0 Å². The molecule has 1 fully saturated rings. The number of allylic oxidation sites excluding steroid dienone is 1. The highest BCUT2D eigenvalue weighted by atomic mass is 35.5. The van der Waals surface area contributed by atoms with Crippen LogP contribution >= 0.6 is 11.6 Å². The van der Waals surface area contributed by atoms with E-state index in [0.29, 0.717) is 5.92 Å². The molecule has 2 aliphatic heterocycles. The highest BCUT2D eigenvalue weighted by Gasteiger charge is 2.39. The van der Waals surface area contributed by atoms with Crippen LogP contribution in [-0.2, 0) is 19.3 Å². The quantitative estimate of drug-likeness (QED) is 0.217. The van der Waals surface area contributed by atoms with Crippen molar-refractivity contribution in [1.82, 2.24) is 0 Å². The van der Waals surface area contributed by atoms with Gasteiger partial charge in [0.05, 0.1) is 12.4 Å². The summed E-state index contributed by atoms with van der Waals surface area (Å²) in [5.41, 5.74) is 12.9. The van der Waals surface area contributed by atoms with Gasteiger partial charge < -0.3 is 0 Å². The van der Waals surface area contributed by atoms with Crippen molar-refractivity contribution in [3.63, 3.8) is 0 Å². The summed E-state index contributed by atoms with van der Waals surface area (Å²) in [6, 6.07) is 29.5. The summed E-state index contributed by atoms with van der Waals surface area (Å²) < 4.78 is 15.4. The van der Waals surface area contributed by atoms with Crippen LogP contribution in [0.4, 0.5) is 4.39 Å². The zero-order valence-electron chi connectivity index (χ0n) is 25.9. The van der Waals surface area contributed by atoms with Gasteiger partial charge in [0.2, 0.25) is 0 Å². The molecule has 0 radical (unpaired) electrons. The zero-order chi connectivity index (χ0) is 31.0. The van der Waals surface area contributed by atoms with E-state index >= 15 is 4.39 Å². The molecule has 4 aromatic carbocycles. The first kappa shape index (κ1) is 29.3. The molecule has 5 heteroatoms. The smallest absolute Gasteiger partial charge is 0.126 e. The summed E-state index contributed by atoms with van der Waals surface area (Å²) in [7, 11) is 0. The molecular formula is C41H37ClFN3. The first-order valence-electron chi connectivity index (χ1n) is 16.7. The van der Waals surface area contributed by atoms with E-state index in [0.717, 1.165) is 47.0 Å². The minimum absolute atomic E-state index is 0.0844. The number of benzene rings is 4. The lowest BCUT2D eigenvalue weighted by Crippen LogP contribution is -2.28. The lowest BCUT2D eigenvalue weighted by Gasteiger charge is -2.41. The second-order valence-electron chi connectivity index (χ2n) is 13.3. The molecule has 46 heavy (non-hydrogen) atoms. The van der Waals surface area contributed by atoms with Crippen molar-refractivity contribution < 1.29 is 4.39 Å². The van der Waals surface area contributed by atoms with Gasteiger partial charge in [-0.15, -0.1) is 5.11 Å². The minimum Gasteiger partial charge on any atom is -0.262 e. The Kier molecular flexibility index (Phi) is 7.99. The molecule has 0 amide bonds. The summed E-state index contributed by atoms with van der Waals surface area (Å²) in [6.45, 7) is 0. The number of aliphatic imine (C=N–C) groups is 1. The van der Waals surface area contributed by atoms with Crippen molar-refractivity contribution in [2.24, 2.45) is 21.1 Å². The molecule has 0 N–H and O–H groups in total. The zero-order valence-corrected chi connectivity index (χ0v) is 26.6. The average molecular weight is 626 g/mol. The summed E-state index contributed by atoms with van der Waals surface area (Å²) in [5, 5.41) is 8.18. The van der Waals surface area contributed by atoms with Crippen molar-refractivity contribution in [2.75, 3.05) is 0 Å². The van der Waals surface area contributed by atoms with Crippen molar-refractivity contribution in [3.05, 3.63) is 153 Å². The van der Waals surface area contributed by atoms with Crippen molar-refractivity contribution in [2.45, 2.75) is 69.1 Å². The van der Waals surface area contributed by atoms with Crippen LogP contribution in [0.15, 0.2) is 124 Å². The van der Waals surface area contributed by atoms with Crippen LogP contribution in [0.5, 0.6) is 0 Å². The fourth-order valence-corrected chi connectivity index (χ4v) is 8.73. The standard InChI is InChI=1S/C36H34ClF.C5H3N3/c37-27-17-14-24(15-18-27)31-20-26-16-19-30-28-11-5-4-10-25(28)21-32(23-8-2-1-3-9-23)36(30)33(26)22-34(31)29-12-6-7-13-35(29)38;1-4-2-7-8-5(4)3-6-1/h4-7,10-19,23,31-32,34H,1-3,8-9,20-22H2;1-3H. The van der Waals surface area contributed by atoms with Crippen molar-refractivity contribution in [1.29, 1.82) is 0 Å². The van der Waals surface area contributed by atoms with E-state index < -0.39 is 0 Å². The second-order valence-corrected chi connectivity index (χ2v) is 13.8. The Morgan fingerprint density at radius 1 is 0.674 bits per heavy atom. The fourth-order valence-electron chi connectivity index (χ4n) is 8.61. The summed E-state index contributed by atoms with van der Waals surface area (Å²) >= 11 is 6.26. The topological polar surface area (TPSA) is 37.1 Å². The third-order valence-electron chi connectivity index (χ3n) is 10.8. The van der Waals surface area contributed by atoms with Gasteiger partial charge in [-0.3, -0.25) is 4.99 Å². The molecule has 1 saturated carbocycles. The number of hydrogen-bond acceptors (Lipinski definition) is 3. The van der Waals surface area contributed by atoms with Gasteiger partial charge in [0.25, 0.3) is 0 Å². The van der Waals surface area contributed by atoms with Gasteiger partial charge in [0.15, 0.2) is 0 Å². The maximum atomic E-state index is 15.4. The fraction of sp³-hybridized carbons (Fsp3) is 0.293. The number of nitrogens with zero attached hydrogens (tertiary/aromatic N) is 3. The van der Waals surface area contributed by atoms with Gasteiger partial charge in [-0.05, 0) is 118 Å². The second kappa shape index (κ2) is 12.6. The molecule has 9 rings (SSSR count). The molecule has 0 aromatic heterocycles. The maximum absolute atomic E-state index is 15.4. The highest BCUT2D eigenvalue weighted by Crippen LogP contribution is 2.52. The predicted octanol–water partition coefficient (Wildman–Crippen LogP) is 11.3. The number of halogens is 2. The SMILES string of the molecule is C1=NC=C2N=NC=C12.Fc1ccccc1C1Cc2c(ccc3c2C(C2CCCCC2)Cc2ccccc2-3)CC1c1ccc(Cl)cc1. The number of azo groups is 1. The van der Waals surface area contributed by atoms with Gasteiger partial charge >= 0.3 is 0 Å². The van der Waals surface area contributed by atoms with E-state index in [1.165, 1.54) is 65.5 Å². The molecule has 2 heterocycles. The normalized spacial score (nSPS) is 22.5. The lowest BCUT2D eigenvalue weighted by molar-refractivity contribution is 0.299. The molecule has 0 spiro atoms. The summed E-state index contributed by atoms with van der Waals surface area (Å²) in [5.74, 6) is 1.53. The molecule has 3 aliphatic carbocycles. The van der Waals surface area contributed by atoms with Crippen LogP contribution in [0.3, 0.4) is 0 Å². The summed E-state index contributed by atoms with van der Waals surface area (Å²) in [6.07, 6.45) is 14.8. The summed E-state index contributed by atoms with van der Waals surface area (Å²) in [4.78, 5) is 3.86. The van der Waals surface area contributed by atoms with Gasteiger partial charge in [-0.25, -0.2) is 4.39 Å². The first-order valence-corrected chi connectivity index (χ1v) is 17.1. The van der Waals surface area contributed by atoms with E-state index in [-0.39, 0.29) is 17.7 Å². The molecule has 3 atom stereocenters. The maximum Gasteiger partial charge on any atom is 0.126 e.